The second kappa shape index (κ2) is 8.89. The number of piperidine rings is 1. The lowest BCUT2D eigenvalue weighted by atomic mass is 9.98. The number of methoxy groups -OCH3 is 1. The maximum Gasteiger partial charge on any atom is 0.280 e. The Morgan fingerprint density at radius 2 is 2.17 bits per heavy atom. The van der Waals surface area contributed by atoms with Gasteiger partial charge in [-0.15, -0.1) is 10.2 Å². The van der Waals surface area contributed by atoms with E-state index in [9.17, 15) is 4.39 Å². The van der Waals surface area contributed by atoms with Crippen molar-refractivity contribution in [3.05, 3.63) is 30.4 Å². The second-order valence-corrected chi connectivity index (χ2v) is 9.01. The van der Waals surface area contributed by atoms with Gasteiger partial charge in [0, 0.05) is 18.3 Å². The number of hydrogen-bond acceptors (Lipinski definition) is 8. The molecule has 3 aromatic heterocycles. The van der Waals surface area contributed by atoms with Gasteiger partial charge in [-0.1, -0.05) is 11.3 Å². The fraction of sp³-hybridized carbons (Fsp3) is 0.478. The lowest BCUT2D eigenvalue weighted by Gasteiger charge is -2.44. The summed E-state index contributed by atoms with van der Waals surface area (Å²) in [7, 11) is 1.42. The Labute approximate surface area is 205 Å². The van der Waals surface area contributed by atoms with Crippen LogP contribution in [0.3, 0.4) is 0 Å². The van der Waals surface area contributed by atoms with Crippen molar-refractivity contribution in [2.75, 3.05) is 45.4 Å². The summed E-state index contributed by atoms with van der Waals surface area (Å²) >= 11 is 0. The lowest BCUT2D eigenvalue weighted by molar-refractivity contribution is -0.131. The molecule has 6 rings (SSSR count). The number of nitrogens with one attached hydrogen (secondary N) is 1. The predicted molar refractivity (Wildman–Crippen MR) is 125 cm³/mol. The number of fused-ring (bicyclic) bond motifs is 2. The van der Waals surface area contributed by atoms with Crippen molar-refractivity contribution < 1.29 is 24.0 Å². The molecule has 0 saturated carbocycles. The Morgan fingerprint density at radius 1 is 1.31 bits per heavy atom. The highest BCUT2D eigenvalue weighted by Crippen LogP contribution is 2.35. The molecule has 0 unspecified atom stereocenters. The van der Waals surface area contributed by atoms with E-state index >= 15 is 8.78 Å². The average Bonchev–Trinajstić information content (AvgIpc) is 3.40. The van der Waals surface area contributed by atoms with Gasteiger partial charge < -0.3 is 14.8 Å². The fourth-order valence-electron chi connectivity index (χ4n) is 4.77. The molecule has 0 bridgehead atoms. The Balaban J connectivity index is 1.33. The first-order chi connectivity index (χ1) is 17.9. The van der Waals surface area contributed by atoms with E-state index in [0.29, 0.717) is 47.4 Å². The standard InChI is InChI=1S/C23H25F3N8O2/c1-35-21-20-16(14-2-3-17-18(10-14)33(9-6-24)31-29-17)4-8-34(20)30-22(28-21)27-19-5-7-32(13-23(19,25)26)15-11-36-12-15/h2-4,8,10,15,19H,5-7,9,11-13H2,1H3,(H,27,30)/t19-/m1/s1/i8D. The molecule has 0 radical (unpaired) electrons. The number of anilines is 1. The minimum absolute atomic E-state index is 0.0239. The van der Waals surface area contributed by atoms with Gasteiger partial charge >= 0.3 is 0 Å². The summed E-state index contributed by atoms with van der Waals surface area (Å²) in [6.07, 6.45) is 0.231. The van der Waals surface area contributed by atoms with Gasteiger partial charge in [-0.2, -0.15) is 4.98 Å². The fourth-order valence-corrected chi connectivity index (χ4v) is 4.77. The van der Waals surface area contributed by atoms with Crippen LogP contribution < -0.4 is 10.1 Å². The number of alkyl halides is 3. The van der Waals surface area contributed by atoms with E-state index in [0.717, 1.165) is 0 Å². The average molecular weight is 504 g/mol. The van der Waals surface area contributed by atoms with E-state index in [4.69, 9.17) is 10.8 Å². The number of aromatic nitrogens is 6. The van der Waals surface area contributed by atoms with E-state index in [-0.39, 0.29) is 43.6 Å². The van der Waals surface area contributed by atoms with Crippen LogP contribution in [0, 0.1) is 0 Å². The van der Waals surface area contributed by atoms with Gasteiger partial charge in [-0.05, 0) is 30.2 Å². The molecule has 10 nitrogen and oxygen atoms in total. The predicted octanol–water partition coefficient (Wildman–Crippen LogP) is 2.64. The zero-order chi connectivity index (χ0) is 25.7. The zero-order valence-corrected chi connectivity index (χ0v) is 19.5. The van der Waals surface area contributed by atoms with Crippen molar-refractivity contribution in [3.8, 4) is 17.0 Å². The van der Waals surface area contributed by atoms with Crippen molar-refractivity contribution in [1.29, 1.82) is 0 Å². The number of ether oxygens (including phenoxy) is 2. The van der Waals surface area contributed by atoms with Crippen molar-refractivity contribution in [3.63, 3.8) is 0 Å². The molecule has 4 aromatic rings. The van der Waals surface area contributed by atoms with Gasteiger partial charge in [0.15, 0.2) is 0 Å². The highest BCUT2D eigenvalue weighted by atomic mass is 19.3. The number of likely N-dealkylation sites (tertiary alicyclic amines) is 1. The maximum atomic E-state index is 15.0. The highest BCUT2D eigenvalue weighted by molar-refractivity contribution is 5.89. The Bertz CT molecular complexity index is 1460. The van der Waals surface area contributed by atoms with Gasteiger partial charge in [0.1, 0.15) is 17.7 Å². The lowest BCUT2D eigenvalue weighted by Crippen LogP contribution is -2.61. The first kappa shape index (κ1) is 21.8. The van der Waals surface area contributed by atoms with Crippen LogP contribution >= 0.6 is 0 Å². The number of halogens is 3. The molecular weight excluding hydrogens is 477 g/mol. The largest absolute Gasteiger partial charge is 0.479 e. The molecule has 0 amide bonds. The van der Waals surface area contributed by atoms with Crippen molar-refractivity contribution in [2.24, 2.45) is 0 Å². The van der Waals surface area contributed by atoms with Gasteiger partial charge in [0.25, 0.3) is 5.92 Å². The molecule has 1 N–H and O–H groups in total. The summed E-state index contributed by atoms with van der Waals surface area (Å²) in [5, 5.41) is 15.2. The molecule has 1 aromatic carbocycles. The van der Waals surface area contributed by atoms with Crippen LogP contribution in [0.5, 0.6) is 5.88 Å². The molecule has 0 aliphatic carbocycles. The topological polar surface area (TPSA) is 94.6 Å². The minimum atomic E-state index is -3.00. The maximum absolute atomic E-state index is 15.0. The van der Waals surface area contributed by atoms with Gasteiger partial charge in [-0.3, -0.25) is 4.90 Å². The molecule has 2 saturated heterocycles. The van der Waals surface area contributed by atoms with Crippen molar-refractivity contribution >= 4 is 22.5 Å². The summed E-state index contributed by atoms with van der Waals surface area (Å²) < 4.78 is 64.9. The van der Waals surface area contributed by atoms with E-state index in [1.807, 2.05) is 0 Å². The zero-order valence-electron chi connectivity index (χ0n) is 20.5. The molecule has 190 valence electrons. The van der Waals surface area contributed by atoms with Gasteiger partial charge in [0.05, 0.1) is 52.4 Å². The van der Waals surface area contributed by atoms with E-state index in [1.54, 1.807) is 29.2 Å². The molecular formula is C23H25F3N8O2. The third-order valence-electron chi connectivity index (χ3n) is 6.79. The molecule has 0 spiro atoms. The van der Waals surface area contributed by atoms with Crippen LogP contribution in [0.1, 0.15) is 7.79 Å². The van der Waals surface area contributed by atoms with Crippen LogP contribution in [0.25, 0.3) is 27.7 Å². The number of benzene rings is 1. The van der Waals surface area contributed by atoms with Crippen molar-refractivity contribution in [1.82, 2.24) is 34.5 Å². The number of hydrogen-bond donors (Lipinski definition) is 1. The summed E-state index contributed by atoms with van der Waals surface area (Å²) in [5.74, 6) is -2.92. The smallest absolute Gasteiger partial charge is 0.280 e. The third-order valence-corrected chi connectivity index (χ3v) is 6.79. The van der Waals surface area contributed by atoms with Crippen LogP contribution in [0.4, 0.5) is 19.1 Å². The van der Waals surface area contributed by atoms with E-state index in [2.05, 4.69) is 25.7 Å². The van der Waals surface area contributed by atoms with Crippen LogP contribution in [-0.2, 0) is 11.3 Å². The molecule has 2 aliphatic heterocycles. The monoisotopic (exact) mass is 503 g/mol. The third kappa shape index (κ3) is 3.91. The minimum Gasteiger partial charge on any atom is -0.479 e. The first-order valence-corrected chi connectivity index (χ1v) is 11.7. The second-order valence-electron chi connectivity index (χ2n) is 9.01. The quantitative estimate of drug-likeness (QED) is 0.412. The van der Waals surface area contributed by atoms with Crippen LogP contribution in [0.15, 0.2) is 30.4 Å². The molecule has 2 aliphatic rings. The molecule has 2 fully saturated rings. The molecule has 13 heteroatoms. The van der Waals surface area contributed by atoms with E-state index in [1.165, 1.54) is 16.3 Å². The first-order valence-electron chi connectivity index (χ1n) is 12.2. The number of nitrogens with zero attached hydrogens (tertiary/aromatic N) is 7. The van der Waals surface area contributed by atoms with Gasteiger partial charge in [0.2, 0.25) is 11.8 Å². The number of aryl methyl sites for hydroxylation is 1. The Hall–Kier alpha value is -3.45. The summed E-state index contributed by atoms with van der Waals surface area (Å²) in [6, 6.07) is 5.82. The van der Waals surface area contributed by atoms with Gasteiger partial charge in [-0.25, -0.2) is 22.4 Å². The highest BCUT2D eigenvalue weighted by Gasteiger charge is 2.47. The molecule has 1 atom stereocenters. The van der Waals surface area contributed by atoms with Crippen LogP contribution in [0.2, 0.25) is 0 Å². The summed E-state index contributed by atoms with van der Waals surface area (Å²) in [4.78, 5) is 6.13. The van der Waals surface area contributed by atoms with Crippen molar-refractivity contribution in [2.45, 2.75) is 31.0 Å². The van der Waals surface area contributed by atoms with E-state index < -0.39 is 18.6 Å². The van der Waals surface area contributed by atoms with Crippen LogP contribution in [-0.4, -0.2) is 92.6 Å². The molecule has 5 heterocycles. The summed E-state index contributed by atoms with van der Waals surface area (Å²) in [6.45, 7) is 0.586. The Kier molecular flexibility index (Phi) is 5.38. The molecule has 36 heavy (non-hydrogen) atoms. The summed E-state index contributed by atoms with van der Waals surface area (Å²) in [5.41, 5.74) is 2.96. The number of rotatable bonds is 7. The SMILES string of the molecule is [2H]c1cc(-c2ccc3nnn(CCF)c3c2)c2c(OC)nc(N[C@@H]3CCN(C4COC4)CC3(F)F)nn12. The Morgan fingerprint density at radius 3 is 2.89 bits per heavy atom. The normalized spacial score (nSPS) is 21.0.